The molecule has 1 atom stereocenters. The molecular formula is C10H10I3NO3. The number of amides is 1. The molecule has 0 radical (unpaired) electrons. The van der Waals surface area contributed by atoms with Gasteiger partial charge in [-0.05, 0) is 79.9 Å². The van der Waals surface area contributed by atoms with Crippen LogP contribution in [0.3, 0.4) is 0 Å². The molecule has 94 valence electrons. The van der Waals surface area contributed by atoms with E-state index in [1.54, 1.807) is 6.07 Å². The number of nitrogens with one attached hydrogen (secondary N) is 1. The third-order valence-corrected chi connectivity index (χ3v) is 5.61. The number of rotatable bonds is 4. The van der Waals surface area contributed by atoms with Crippen molar-refractivity contribution in [2.75, 3.05) is 13.2 Å². The molecule has 0 bridgehead atoms. The summed E-state index contributed by atoms with van der Waals surface area (Å²) in [6, 6.07) is 3.79. The van der Waals surface area contributed by atoms with Gasteiger partial charge in [0.25, 0.3) is 5.91 Å². The van der Waals surface area contributed by atoms with Crippen molar-refractivity contribution in [3.8, 4) is 0 Å². The van der Waals surface area contributed by atoms with Crippen LogP contribution in [0.25, 0.3) is 0 Å². The third-order valence-electron chi connectivity index (χ3n) is 1.95. The van der Waals surface area contributed by atoms with Gasteiger partial charge in [0, 0.05) is 17.3 Å². The van der Waals surface area contributed by atoms with Gasteiger partial charge in [0.2, 0.25) is 0 Å². The summed E-state index contributed by atoms with van der Waals surface area (Å²) in [5.74, 6) is -0.238. The Morgan fingerprint density at radius 3 is 2.59 bits per heavy atom. The Kier molecular flexibility index (Phi) is 6.91. The lowest BCUT2D eigenvalue weighted by atomic mass is 10.2. The Morgan fingerprint density at radius 1 is 1.35 bits per heavy atom. The maximum absolute atomic E-state index is 11.9. The van der Waals surface area contributed by atoms with E-state index in [1.807, 2.05) is 6.07 Å². The molecule has 7 heteroatoms. The van der Waals surface area contributed by atoms with Crippen LogP contribution in [-0.2, 0) is 0 Å². The zero-order valence-corrected chi connectivity index (χ0v) is 15.1. The van der Waals surface area contributed by atoms with Crippen LogP contribution >= 0.6 is 67.8 Å². The maximum Gasteiger partial charge on any atom is 0.252 e. The van der Waals surface area contributed by atoms with Crippen molar-refractivity contribution in [3.63, 3.8) is 0 Å². The number of hydrogen-bond acceptors (Lipinski definition) is 3. The highest BCUT2D eigenvalue weighted by Gasteiger charge is 2.14. The molecule has 0 aliphatic rings. The number of benzene rings is 1. The fourth-order valence-corrected chi connectivity index (χ4v) is 3.49. The molecule has 1 aromatic carbocycles. The zero-order valence-electron chi connectivity index (χ0n) is 8.58. The quantitative estimate of drug-likeness (QED) is 0.379. The van der Waals surface area contributed by atoms with Gasteiger partial charge in [0.1, 0.15) is 0 Å². The maximum atomic E-state index is 11.9. The van der Waals surface area contributed by atoms with Crippen molar-refractivity contribution in [1.82, 2.24) is 5.32 Å². The highest BCUT2D eigenvalue weighted by atomic mass is 127. The average molecular weight is 573 g/mol. The normalized spacial score (nSPS) is 12.3. The van der Waals surface area contributed by atoms with Crippen LogP contribution in [0.15, 0.2) is 12.1 Å². The fourth-order valence-electron chi connectivity index (χ4n) is 1.09. The molecule has 17 heavy (non-hydrogen) atoms. The van der Waals surface area contributed by atoms with Gasteiger partial charge >= 0.3 is 0 Å². The second kappa shape index (κ2) is 7.40. The molecule has 1 rings (SSSR count). The number of carbonyl (C=O) groups excluding carboxylic acids is 1. The van der Waals surface area contributed by atoms with E-state index in [-0.39, 0.29) is 19.1 Å². The third kappa shape index (κ3) is 4.76. The van der Waals surface area contributed by atoms with E-state index in [9.17, 15) is 4.79 Å². The SMILES string of the molecule is O=C(NCC(O)CO)c1cc(I)cc(I)c1I. The van der Waals surface area contributed by atoms with E-state index >= 15 is 0 Å². The first kappa shape index (κ1) is 15.9. The Bertz CT molecular complexity index is 426. The molecule has 0 fully saturated rings. The minimum absolute atomic E-state index is 0.0491. The molecule has 3 N–H and O–H groups in total. The number of aliphatic hydroxyl groups excluding tert-OH is 2. The summed E-state index contributed by atoms with van der Waals surface area (Å²) in [4.78, 5) is 11.9. The highest BCUT2D eigenvalue weighted by Crippen LogP contribution is 2.22. The Hall–Kier alpha value is 0.800. The van der Waals surface area contributed by atoms with E-state index < -0.39 is 6.10 Å². The van der Waals surface area contributed by atoms with Crippen LogP contribution in [0.4, 0.5) is 0 Å². The van der Waals surface area contributed by atoms with Crippen LogP contribution in [0.5, 0.6) is 0 Å². The predicted octanol–water partition coefficient (Wildman–Crippen LogP) is 1.58. The zero-order chi connectivity index (χ0) is 13.0. The van der Waals surface area contributed by atoms with Gasteiger partial charge in [-0.3, -0.25) is 4.79 Å². The van der Waals surface area contributed by atoms with Crippen LogP contribution < -0.4 is 5.32 Å². The monoisotopic (exact) mass is 573 g/mol. The van der Waals surface area contributed by atoms with Crippen molar-refractivity contribution in [2.24, 2.45) is 0 Å². The van der Waals surface area contributed by atoms with Gasteiger partial charge < -0.3 is 15.5 Å². The molecule has 0 aromatic heterocycles. The summed E-state index contributed by atoms with van der Waals surface area (Å²) < 4.78 is 2.89. The van der Waals surface area contributed by atoms with E-state index in [2.05, 4.69) is 73.1 Å². The van der Waals surface area contributed by atoms with Gasteiger partial charge in [0.15, 0.2) is 0 Å². The van der Waals surface area contributed by atoms with Gasteiger partial charge in [-0.25, -0.2) is 0 Å². The Morgan fingerprint density at radius 2 is 2.00 bits per heavy atom. The molecular weight excluding hydrogens is 563 g/mol. The summed E-state index contributed by atoms with van der Waals surface area (Å²) in [6.45, 7) is -0.311. The van der Waals surface area contributed by atoms with Crippen LogP contribution in [0, 0.1) is 10.7 Å². The largest absolute Gasteiger partial charge is 0.394 e. The van der Waals surface area contributed by atoms with Gasteiger partial charge in [0.05, 0.1) is 18.3 Å². The summed E-state index contributed by atoms with van der Waals surface area (Å²) in [5, 5.41) is 20.4. The summed E-state index contributed by atoms with van der Waals surface area (Å²) in [6.07, 6.45) is -0.918. The molecule has 0 aliphatic heterocycles. The van der Waals surface area contributed by atoms with Crippen LogP contribution in [-0.4, -0.2) is 35.4 Å². The van der Waals surface area contributed by atoms with E-state index in [0.717, 1.165) is 10.7 Å². The predicted molar refractivity (Wildman–Crippen MR) is 90.0 cm³/mol. The van der Waals surface area contributed by atoms with Gasteiger partial charge in [-0.1, -0.05) is 0 Å². The lowest BCUT2D eigenvalue weighted by Crippen LogP contribution is -2.34. The summed E-state index contributed by atoms with van der Waals surface area (Å²) in [5.41, 5.74) is 0.590. The topological polar surface area (TPSA) is 69.6 Å². The molecule has 0 saturated carbocycles. The van der Waals surface area contributed by atoms with Gasteiger partial charge in [-0.2, -0.15) is 0 Å². The first-order valence-electron chi connectivity index (χ1n) is 4.67. The lowest BCUT2D eigenvalue weighted by molar-refractivity contribution is 0.0801. The van der Waals surface area contributed by atoms with E-state index in [0.29, 0.717) is 5.56 Å². The Labute approximate surface area is 140 Å². The molecule has 4 nitrogen and oxygen atoms in total. The second-order valence-corrected chi connectivity index (χ2v) is 6.78. The van der Waals surface area contributed by atoms with Crippen molar-refractivity contribution in [2.45, 2.75) is 6.10 Å². The number of carbonyl (C=O) groups is 1. The molecule has 0 aliphatic carbocycles. The Balaban J connectivity index is 2.82. The summed E-state index contributed by atoms with van der Waals surface area (Å²) in [7, 11) is 0. The number of hydrogen-bond donors (Lipinski definition) is 3. The molecule has 1 unspecified atom stereocenters. The number of aliphatic hydroxyl groups is 2. The fraction of sp³-hybridized carbons (Fsp3) is 0.300. The molecule has 0 heterocycles. The van der Waals surface area contributed by atoms with Crippen LogP contribution in [0.2, 0.25) is 0 Å². The average Bonchev–Trinajstić information content (AvgIpc) is 2.30. The first-order valence-corrected chi connectivity index (χ1v) is 7.91. The van der Waals surface area contributed by atoms with Crippen molar-refractivity contribution >= 4 is 73.7 Å². The van der Waals surface area contributed by atoms with Crippen molar-refractivity contribution in [1.29, 1.82) is 0 Å². The summed E-state index contributed by atoms with van der Waals surface area (Å²) >= 11 is 6.45. The molecule has 0 saturated heterocycles. The molecule has 1 amide bonds. The smallest absolute Gasteiger partial charge is 0.252 e. The van der Waals surface area contributed by atoms with E-state index in [4.69, 9.17) is 10.2 Å². The van der Waals surface area contributed by atoms with Crippen molar-refractivity contribution in [3.05, 3.63) is 28.4 Å². The molecule has 0 spiro atoms. The first-order chi connectivity index (χ1) is 7.95. The number of halogens is 3. The second-order valence-electron chi connectivity index (χ2n) is 3.30. The lowest BCUT2D eigenvalue weighted by Gasteiger charge is -2.11. The van der Waals surface area contributed by atoms with Gasteiger partial charge in [-0.15, -0.1) is 0 Å². The minimum atomic E-state index is -0.918. The van der Waals surface area contributed by atoms with Crippen molar-refractivity contribution < 1.29 is 15.0 Å². The van der Waals surface area contributed by atoms with E-state index in [1.165, 1.54) is 0 Å². The minimum Gasteiger partial charge on any atom is -0.394 e. The highest BCUT2D eigenvalue weighted by molar-refractivity contribution is 14.1. The van der Waals surface area contributed by atoms with Crippen LogP contribution in [0.1, 0.15) is 10.4 Å². The standard InChI is InChI=1S/C10H10I3NO3/c11-5-1-7(9(13)8(12)2-5)10(17)14-3-6(16)4-15/h1-2,6,15-16H,3-4H2,(H,14,17). The molecule has 1 aromatic rings.